The zero-order valence-electron chi connectivity index (χ0n) is 40.7. The molecule has 0 saturated carbocycles. The van der Waals surface area contributed by atoms with E-state index in [0.29, 0.717) is 55.7 Å². The van der Waals surface area contributed by atoms with Crippen LogP contribution in [0.25, 0.3) is 58.2 Å². The van der Waals surface area contributed by atoms with Gasteiger partial charge in [-0.2, -0.15) is 26.3 Å². The van der Waals surface area contributed by atoms with E-state index in [9.17, 15) is 26.3 Å². The Balaban J connectivity index is 1.77. The second kappa shape index (κ2) is 19.1. The van der Waals surface area contributed by atoms with Crippen molar-refractivity contribution in [2.75, 3.05) is 0 Å². The molecule has 6 rings (SSSR count). The SMILES string of the molecule is CC(C)(C)c1cc2cc(c1)C(C#N)=Cc1cc(cc(C(C)(C)C)c1)C(C#N)=Cc1cc(cc(C(C)(C)C)c1)C(C#N)=Cc1cc(cc(C(C)(C)C)c1)C(C#N)=Cc1cc(I)cc(c1)C(C#N)=C2. The molecule has 67 heavy (non-hydrogen) atoms. The first-order valence-electron chi connectivity index (χ1n) is 22.4. The summed E-state index contributed by atoms with van der Waals surface area (Å²) in [4.78, 5) is 0. The fourth-order valence-electron chi connectivity index (χ4n) is 7.88. The van der Waals surface area contributed by atoms with Gasteiger partial charge in [-0.25, -0.2) is 0 Å². The summed E-state index contributed by atoms with van der Waals surface area (Å²) in [6.07, 6.45) is 9.35. The third-order valence-corrected chi connectivity index (χ3v) is 12.5. The highest BCUT2D eigenvalue weighted by molar-refractivity contribution is 14.1. The Kier molecular flexibility index (Phi) is 14.1. The molecule has 5 nitrogen and oxygen atoms in total. The van der Waals surface area contributed by atoms with Crippen molar-refractivity contribution in [2.45, 2.75) is 105 Å². The highest BCUT2D eigenvalue weighted by atomic mass is 127. The van der Waals surface area contributed by atoms with E-state index in [4.69, 9.17) is 0 Å². The first-order valence-corrected chi connectivity index (χ1v) is 23.4. The van der Waals surface area contributed by atoms with Crippen LogP contribution in [0, 0.1) is 60.2 Å². The van der Waals surface area contributed by atoms with E-state index in [-0.39, 0.29) is 21.7 Å². The maximum atomic E-state index is 10.9. The first-order chi connectivity index (χ1) is 31.3. The summed E-state index contributed by atoms with van der Waals surface area (Å²) in [5, 5.41) is 54.1. The predicted octanol–water partition coefficient (Wildman–Crippen LogP) is 16.1. The Morgan fingerprint density at radius 2 is 0.478 bits per heavy atom. The molecule has 6 heteroatoms. The van der Waals surface area contributed by atoms with Crippen molar-refractivity contribution in [1.29, 1.82) is 26.3 Å². The van der Waals surface area contributed by atoms with Gasteiger partial charge in [0.2, 0.25) is 0 Å². The molecule has 5 aromatic rings. The van der Waals surface area contributed by atoms with Gasteiger partial charge < -0.3 is 0 Å². The van der Waals surface area contributed by atoms with Crippen LogP contribution >= 0.6 is 22.6 Å². The number of nitriles is 5. The molecular weight excluding hydrogens is 930 g/mol. The second-order valence-electron chi connectivity index (χ2n) is 21.5. The van der Waals surface area contributed by atoms with Crippen molar-refractivity contribution in [3.05, 3.63) is 172 Å². The Bertz CT molecular complexity index is 3190. The topological polar surface area (TPSA) is 119 Å². The number of benzene rings is 5. The second-order valence-corrected chi connectivity index (χ2v) is 22.7. The molecule has 0 N–H and O–H groups in total. The highest BCUT2D eigenvalue weighted by Crippen LogP contribution is 2.36. The van der Waals surface area contributed by atoms with Crippen molar-refractivity contribution >= 4 is 80.8 Å². The quantitative estimate of drug-likeness (QED) is 0.143. The molecule has 0 heterocycles. The van der Waals surface area contributed by atoms with Crippen molar-refractivity contribution in [1.82, 2.24) is 0 Å². The summed E-state index contributed by atoms with van der Waals surface area (Å²) in [5.74, 6) is 0. The fraction of sp³-hybridized carbons (Fsp3) is 0.262. The summed E-state index contributed by atoms with van der Waals surface area (Å²) in [6, 6.07) is 42.5. The van der Waals surface area contributed by atoms with Crippen LogP contribution in [0.1, 0.15) is 161 Å². The predicted molar refractivity (Wildman–Crippen MR) is 287 cm³/mol. The third-order valence-electron chi connectivity index (χ3n) is 11.9. The summed E-state index contributed by atoms with van der Waals surface area (Å²) in [7, 11) is 0. The van der Waals surface area contributed by atoms with Crippen LogP contribution in [0.2, 0.25) is 0 Å². The minimum atomic E-state index is -0.292. The molecular formula is C61H56IN5. The molecule has 0 aromatic heterocycles. The highest BCUT2D eigenvalue weighted by Gasteiger charge is 2.22. The molecule has 0 aliphatic heterocycles. The molecule has 0 unspecified atom stereocenters. The summed E-state index contributed by atoms with van der Waals surface area (Å²) < 4.78 is 0.893. The van der Waals surface area contributed by atoms with Crippen LogP contribution in [0.3, 0.4) is 0 Å². The number of nitrogens with zero attached hydrogens (tertiary/aromatic N) is 5. The van der Waals surface area contributed by atoms with E-state index in [1.165, 1.54) is 0 Å². The van der Waals surface area contributed by atoms with Crippen molar-refractivity contribution in [3.8, 4) is 30.3 Å². The van der Waals surface area contributed by atoms with Crippen molar-refractivity contribution in [2.24, 2.45) is 0 Å². The minimum absolute atomic E-state index is 0.287. The van der Waals surface area contributed by atoms with Gasteiger partial charge in [-0.3, -0.25) is 0 Å². The number of fused-ring (bicyclic) bond motifs is 10. The van der Waals surface area contributed by atoms with Gasteiger partial charge in [0, 0.05) is 3.57 Å². The summed E-state index contributed by atoms with van der Waals surface area (Å²) in [6.45, 7) is 25.5. The molecule has 10 bridgehead atoms. The van der Waals surface area contributed by atoms with Crippen molar-refractivity contribution < 1.29 is 0 Å². The molecule has 1 aliphatic rings. The standard InChI is InChI=1S/C61H56IN5/c1-58(2,3)53-23-38-13-44(29-53)49(34-64)20-40-15-46(31-55(25-40)60(7,8)9)51(36-66)22-42-17-47(32-57(62)27-42)52(37-67)21-41-16-45(30-56(26-41)61(10,11)12)50(35-65)19-39-14-43(48(18-38)33-63)28-54(24-39)59(4,5)6/h13-32H,1-12H3. The average Bonchev–Trinajstić information content (AvgIpc) is 3.25. The zero-order chi connectivity index (χ0) is 49.2. The van der Waals surface area contributed by atoms with Gasteiger partial charge >= 0.3 is 0 Å². The van der Waals surface area contributed by atoms with Crippen LogP contribution in [-0.4, -0.2) is 0 Å². The maximum absolute atomic E-state index is 10.9. The zero-order valence-corrected chi connectivity index (χ0v) is 42.8. The van der Waals surface area contributed by atoms with Crippen LogP contribution in [0.5, 0.6) is 0 Å². The van der Waals surface area contributed by atoms with E-state index < -0.39 is 0 Å². The van der Waals surface area contributed by atoms with Gasteiger partial charge in [-0.1, -0.05) is 107 Å². The molecule has 0 spiro atoms. The Labute approximate surface area is 412 Å². The third kappa shape index (κ3) is 11.9. The molecule has 332 valence electrons. The van der Waals surface area contributed by atoms with E-state index in [2.05, 4.69) is 160 Å². The van der Waals surface area contributed by atoms with Crippen LogP contribution in [0.15, 0.2) is 91.0 Å². The van der Waals surface area contributed by atoms with Gasteiger partial charge in [0.05, 0.1) is 58.2 Å². The van der Waals surface area contributed by atoms with Crippen LogP contribution in [0.4, 0.5) is 0 Å². The lowest BCUT2D eigenvalue weighted by Gasteiger charge is -2.22. The van der Waals surface area contributed by atoms with E-state index in [1.54, 1.807) is 0 Å². The first kappa shape index (κ1) is 49.4. The average molecular weight is 986 g/mol. The number of hydrogen-bond donors (Lipinski definition) is 0. The smallest absolute Gasteiger partial charge is 0.0998 e. The number of allylic oxidation sites excluding steroid dienone is 5. The summed E-state index contributed by atoms with van der Waals surface area (Å²) >= 11 is 2.25. The minimum Gasteiger partial charge on any atom is -0.192 e. The maximum Gasteiger partial charge on any atom is 0.0998 e. The van der Waals surface area contributed by atoms with Crippen LogP contribution in [-0.2, 0) is 21.7 Å². The number of rotatable bonds is 0. The Morgan fingerprint density at radius 3 is 0.672 bits per heavy atom. The lowest BCUT2D eigenvalue weighted by atomic mass is 9.82. The van der Waals surface area contributed by atoms with Gasteiger partial charge in [0.25, 0.3) is 0 Å². The van der Waals surface area contributed by atoms with Gasteiger partial charge in [0.15, 0.2) is 0 Å². The summed E-state index contributed by atoms with van der Waals surface area (Å²) in [5.41, 5.74) is 12.4. The molecule has 1 aliphatic carbocycles. The van der Waals surface area contributed by atoms with Crippen molar-refractivity contribution in [3.63, 3.8) is 0 Å². The lowest BCUT2D eigenvalue weighted by Crippen LogP contribution is -2.12. The normalized spacial score (nSPS) is 13.5. The number of hydrogen-bond acceptors (Lipinski definition) is 5. The van der Waals surface area contributed by atoms with Crippen LogP contribution < -0.4 is 0 Å². The van der Waals surface area contributed by atoms with Gasteiger partial charge in [-0.15, -0.1) is 0 Å². The van der Waals surface area contributed by atoms with E-state index in [0.717, 1.165) is 53.6 Å². The Morgan fingerprint density at radius 1 is 0.284 bits per heavy atom. The number of halogens is 1. The molecule has 0 saturated heterocycles. The molecule has 0 atom stereocenters. The lowest BCUT2D eigenvalue weighted by molar-refractivity contribution is 0.589. The fourth-order valence-corrected chi connectivity index (χ4v) is 8.57. The molecule has 0 amide bonds. The van der Waals surface area contributed by atoms with Gasteiger partial charge in [0.1, 0.15) is 0 Å². The van der Waals surface area contributed by atoms with E-state index in [1.807, 2.05) is 97.1 Å². The Hall–Kier alpha value is -7.02. The monoisotopic (exact) mass is 985 g/mol. The molecule has 0 fully saturated rings. The largest absolute Gasteiger partial charge is 0.192 e. The molecule has 5 aromatic carbocycles. The van der Waals surface area contributed by atoms with E-state index >= 15 is 0 Å². The molecule has 0 radical (unpaired) electrons. The van der Waals surface area contributed by atoms with Gasteiger partial charge in [-0.05, 0) is 219 Å².